The third kappa shape index (κ3) is 3.33. The Balaban J connectivity index is 1.43. The number of carbonyl (C=O) groups is 1. The lowest BCUT2D eigenvalue weighted by molar-refractivity contribution is -0.497. The van der Waals surface area contributed by atoms with Crippen molar-refractivity contribution in [3.63, 3.8) is 0 Å². The standard InChI is InChI=1S/C29H44O4/c1-19(2)8-7-9-20(3)23-10-11-24-26(23,5)14-13-25-27(6)15-12-22(31-21(4)30)18-28(27)16-17-29(24,25)33-32-28/h7,9,16-17,19-20,22-25H,8,10-15,18H2,1-6H3. The highest BCUT2D eigenvalue weighted by Gasteiger charge is 2.74. The van der Waals surface area contributed by atoms with E-state index in [0.717, 1.165) is 19.3 Å². The molecule has 2 heterocycles. The third-order valence-corrected chi connectivity index (χ3v) is 10.7. The Labute approximate surface area is 200 Å². The van der Waals surface area contributed by atoms with Gasteiger partial charge in [-0.15, -0.1) is 0 Å². The molecule has 0 N–H and O–H groups in total. The van der Waals surface area contributed by atoms with Crippen molar-refractivity contribution in [2.24, 2.45) is 40.4 Å². The Morgan fingerprint density at radius 1 is 1.06 bits per heavy atom. The normalized spacial score (nSPS) is 49.1. The van der Waals surface area contributed by atoms with Crippen LogP contribution in [0.2, 0.25) is 0 Å². The van der Waals surface area contributed by atoms with Gasteiger partial charge in [0.15, 0.2) is 0 Å². The number of esters is 1. The Kier molecular flexibility index (Phi) is 5.68. The zero-order chi connectivity index (χ0) is 23.6. The molecule has 2 aliphatic heterocycles. The van der Waals surface area contributed by atoms with Crippen molar-refractivity contribution in [1.29, 1.82) is 0 Å². The topological polar surface area (TPSA) is 44.8 Å². The minimum Gasteiger partial charge on any atom is -0.462 e. The molecule has 1 saturated heterocycles. The number of ether oxygens (including phenoxy) is 1. The second kappa shape index (κ2) is 7.95. The average molecular weight is 457 g/mol. The number of carbonyl (C=O) groups excluding carboxylic acids is 1. The van der Waals surface area contributed by atoms with Crippen LogP contribution >= 0.6 is 0 Å². The Morgan fingerprint density at radius 3 is 2.52 bits per heavy atom. The van der Waals surface area contributed by atoms with Crippen molar-refractivity contribution >= 4 is 5.97 Å². The summed E-state index contributed by atoms with van der Waals surface area (Å²) in [6, 6.07) is 0. The molecule has 0 aromatic carbocycles. The fourth-order valence-corrected chi connectivity index (χ4v) is 9.02. The van der Waals surface area contributed by atoms with E-state index >= 15 is 0 Å². The van der Waals surface area contributed by atoms with Crippen molar-refractivity contribution in [3.8, 4) is 0 Å². The largest absolute Gasteiger partial charge is 0.462 e. The fourth-order valence-electron chi connectivity index (χ4n) is 9.02. The first-order chi connectivity index (χ1) is 15.6. The monoisotopic (exact) mass is 456 g/mol. The summed E-state index contributed by atoms with van der Waals surface area (Å²) in [4.78, 5) is 24.5. The van der Waals surface area contributed by atoms with Crippen LogP contribution in [0.15, 0.2) is 24.3 Å². The van der Waals surface area contributed by atoms with Gasteiger partial charge in [-0.1, -0.05) is 52.8 Å². The van der Waals surface area contributed by atoms with Gasteiger partial charge >= 0.3 is 5.97 Å². The van der Waals surface area contributed by atoms with Gasteiger partial charge in [0.25, 0.3) is 0 Å². The minimum absolute atomic E-state index is 0.0266. The van der Waals surface area contributed by atoms with Crippen LogP contribution < -0.4 is 0 Å². The molecule has 6 rings (SSSR count). The van der Waals surface area contributed by atoms with Crippen molar-refractivity contribution in [2.75, 3.05) is 0 Å². The zero-order valence-corrected chi connectivity index (χ0v) is 21.6. The molecule has 6 aliphatic rings. The van der Waals surface area contributed by atoms with Crippen LogP contribution in [0.3, 0.4) is 0 Å². The highest BCUT2D eigenvalue weighted by atomic mass is 17.2. The highest BCUT2D eigenvalue weighted by molar-refractivity contribution is 5.66. The molecule has 9 atom stereocenters. The van der Waals surface area contributed by atoms with E-state index in [9.17, 15) is 4.79 Å². The van der Waals surface area contributed by atoms with Gasteiger partial charge < -0.3 is 4.74 Å². The molecular formula is C29H44O4. The summed E-state index contributed by atoms with van der Waals surface area (Å²) in [5.74, 6) is 2.76. The van der Waals surface area contributed by atoms with Gasteiger partial charge in [-0.3, -0.25) is 4.79 Å². The Hall–Kier alpha value is -1.13. The molecule has 2 bridgehead atoms. The van der Waals surface area contributed by atoms with E-state index in [4.69, 9.17) is 14.5 Å². The summed E-state index contributed by atoms with van der Waals surface area (Å²) < 4.78 is 5.62. The molecule has 0 aromatic heterocycles. The van der Waals surface area contributed by atoms with Crippen LogP contribution in [0.4, 0.5) is 0 Å². The molecule has 3 saturated carbocycles. The highest BCUT2D eigenvalue weighted by Crippen LogP contribution is 2.72. The maximum atomic E-state index is 11.6. The quantitative estimate of drug-likeness (QED) is 0.259. The van der Waals surface area contributed by atoms with E-state index in [-0.39, 0.29) is 28.5 Å². The summed E-state index contributed by atoms with van der Waals surface area (Å²) in [6.07, 6.45) is 18.3. The molecule has 0 radical (unpaired) electrons. The maximum Gasteiger partial charge on any atom is 0.302 e. The molecule has 9 unspecified atom stereocenters. The van der Waals surface area contributed by atoms with Crippen molar-refractivity contribution in [2.45, 2.75) is 110 Å². The Bertz CT molecular complexity index is 847. The van der Waals surface area contributed by atoms with Crippen molar-refractivity contribution in [1.82, 2.24) is 0 Å². The predicted octanol–water partition coefficient (Wildman–Crippen LogP) is 6.80. The van der Waals surface area contributed by atoms with Crippen LogP contribution in [0.1, 0.15) is 92.9 Å². The lowest BCUT2D eigenvalue weighted by Crippen LogP contribution is -2.73. The van der Waals surface area contributed by atoms with Crippen LogP contribution in [0.25, 0.3) is 0 Å². The summed E-state index contributed by atoms with van der Waals surface area (Å²) >= 11 is 0. The molecule has 4 nitrogen and oxygen atoms in total. The second-order valence-corrected chi connectivity index (χ2v) is 12.9. The van der Waals surface area contributed by atoms with Gasteiger partial charge in [0, 0.05) is 30.6 Å². The summed E-state index contributed by atoms with van der Waals surface area (Å²) in [5.41, 5.74) is -0.489. The van der Waals surface area contributed by atoms with Crippen LogP contribution in [0.5, 0.6) is 0 Å². The molecule has 0 amide bonds. The number of fused-ring (bicyclic) bond motifs is 2. The van der Waals surface area contributed by atoms with E-state index in [0.29, 0.717) is 36.0 Å². The third-order valence-electron chi connectivity index (χ3n) is 10.7. The Morgan fingerprint density at radius 2 is 1.85 bits per heavy atom. The van der Waals surface area contributed by atoms with Gasteiger partial charge in [-0.2, -0.15) is 0 Å². The molecule has 0 aromatic rings. The molecule has 4 aliphatic carbocycles. The first-order valence-electron chi connectivity index (χ1n) is 13.5. The van der Waals surface area contributed by atoms with Gasteiger partial charge in [-0.25, -0.2) is 9.78 Å². The molecule has 33 heavy (non-hydrogen) atoms. The fraction of sp³-hybridized carbons (Fsp3) is 0.828. The lowest BCUT2D eigenvalue weighted by Gasteiger charge is -2.69. The summed E-state index contributed by atoms with van der Waals surface area (Å²) in [6.45, 7) is 13.5. The first kappa shape index (κ1) is 23.6. The van der Waals surface area contributed by atoms with Crippen molar-refractivity contribution < 1.29 is 19.3 Å². The maximum absolute atomic E-state index is 11.6. The van der Waals surface area contributed by atoms with E-state index in [1.165, 1.54) is 32.6 Å². The number of hydrogen-bond acceptors (Lipinski definition) is 4. The number of hydrogen-bond donors (Lipinski definition) is 0. The molecule has 4 heteroatoms. The van der Waals surface area contributed by atoms with Crippen LogP contribution in [-0.2, 0) is 19.3 Å². The van der Waals surface area contributed by atoms with E-state index in [1.54, 1.807) is 0 Å². The molecule has 4 fully saturated rings. The lowest BCUT2D eigenvalue weighted by atomic mass is 9.42. The smallest absolute Gasteiger partial charge is 0.302 e. The molecule has 184 valence electrons. The average Bonchev–Trinajstić information content (AvgIpc) is 3.11. The summed E-state index contributed by atoms with van der Waals surface area (Å²) in [7, 11) is 0. The van der Waals surface area contributed by atoms with E-state index in [1.807, 2.05) is 0 Å². The number of allylic oxidation sites excluding steroid dienone is 2. The van der Waals surface area contributed by atoms with Gasteiger partial charge in [-0.05, 0) is 74.2 Å². The van der Waals surface area contributed by atoms with Crippen molar-refractivity contribution in [3.05, 3.63) is 24.3 Å². The van der Waals surface area contributed by atoms with Gasteiger partial charge in [0.05, 0.1) is 0 Å². The van der Waals surface area contributed by atoms with E-state index < -0.39 is 5.60 Å². The number of rotatable bonds is 5. The predicted molar refractivity (Wildman–Crippen MR) is 129 cm³/mol. The van der Waals surface area contributed by atoms with Crippen LogP contribution in [0, 0.1) is 40.4 Å². The van der Waals surface area contributed by atoms with Gasteiger partial charge in [0.1, 0.15) is 17.3 Å². The minimum atomic E-state index is -0.476. The SMILES string of the molecule is CC(=O)OC1CCC2(C)C3CCC4(C)C(C(C)C=CCC(C)C)CCC4C34C=CC2(C1)OO4. The second-order valence-electron chi connectivity index (χ2n) is 12.9. The first-order valence-corrected chi connectivity index (χ1v) is 13.5. The van der Waals surface area contributed by atoms with Crippen LogP contribution in [-0.4, -0.2) is 23.3 Å². The zero-order valence-electron chi connectivity index (χ0n) is 21.6. The van der Waals surface area contributed by atoms with Gasteiger partial charge in [0.2, 0.25) is 0 Å². The summed E-state index contributed by atoms with van der Waals surface area (Å²) in [5, 5.41) is 0. The molecule has 2 spiro atoms. The van der Waals surface area contributed by atoms with E-state index in [2.05, 4.69) is 58.9 Å². The molecular weight excluding hydrogens is 412 g/mol.